The van der Waals surface area contributed by atoms with Gasteiger partial charge in [0.1, 0.15) is 11.5 Å². The lowest BCUT2D eigenvalue weighted by molar-refractivity contribution is -0.113. The summed E-state index contributed by atoms with van der Waals surface area (Å²) >= 11 is 1.31. The first-order chi connectivity index (χ1) is 16.0. The number of carbonyl (C=O) groups excluding carboxylic acids is 1. The van der Waals surface area contributed by atoms with E-state index >= 15 is 0 Å². The Kier molecular flexibility index (Phi) is 6.65. The van der Waals surface area contributed by atoms with Crippen LogP contribution in [-0.4, -0.2) is 38.6 Å². The van der Waals surface area contributed by atoms with Crippen LogP contribution in [-0.2, 0) is 4.79 Å². The van der Waals surface area contributed by atoms with E-state index in [1.165, 1.54) is 11.8 Å². The van der Waals surface area contributed by atoms with Crippen LogP contribution in [0.1, 0.15) is 11.1 Å². The standard InChI is InChI=1S/C25H24N4O3S/c1-16-5-4-6-17(2)23(16)26-22(31)15-33-25-28-27-24(18-7-11-20(30)12-8-18)29(25)19-9-13-21(32-3)14-10-19/h4-14,30H,15H2,1-3H3,(H,26,31). The highest BCUT2D eigenvalue weighted by Crippen LogP contribution is 2.30. The molecule has 168 valence electrons. The molecule has 1 aromatic heterocycles. The number of amides is 1. The number of methoxy groups -OCH3 is 1. The first-order valence-corrected chi connectivity index (χ1v) is 11.3. The topological polar surface area (TPSA) is 89.3 Å². The zero-order valence-corrected chi connectivity index (χ0v) is 19.4. The van der Waals surface area contributed by atoms with Gasteiger partial charge in [0.05, 0.1) is 12.9 Å². The molecule has 0 aliphatic heterocycles. The first-order valence-electron chi connectivity index (χ1n) is 10.3. The fourth-order valence-corrected chi connectivity index (χ4v) is 4.19. The highest BCUT2D eigenvalue weighted by Gasteiger charge is 2.18. The first kappa shape index (κ1) is 22.4. The fraction of sp³-hybridized carbons (Fsp3) is 0.160. The summed E-state index contributed by atoms with van der Waals surface area (Å²) in [6, 6.07) is 20.2. The lowest BCUT2D eigenvalue weighted by Gasteiger charge is -2.13. The van der Waals surface area contributed by atoms with Crippen LogP contribution in [0.25, 0.3) is 17.1 Å². The van der Waals surface area contributed by atoms with Gasteiger partial charge in [-0.25, -0.2) is 0 Å². The molecule has 8 heteroatoms. The molecule has 4 aromatic rings. The van der Waals surface area contributed by atoms with Crippen LogP contribution in [0.3, 0.4) is 0 Å². The van der Waals surface area contributed by atoms with Crippen molar-refractivity contribution in [2.24, 2.45) is 0 Å². The number of carbonyl (C=O) groups is 1. The summed E-state index contributed by atoms with van der Waals surface area (Å²) in [6.45, 7) is 3.94. The molecule has 7 nitrogen and oxygen atoms in total. The van der Waals surface area contributed by atoms with Gasteiger partial charge in [0.15, 0.2) is 11.0 Å². The second kappa shape index (κ2) is 9.79. The molecule has 0 aliphatic carbocycles. The van der Waals surface area contributed by atoms with Crippen molar-refractivity contribution in [3.05, 3.63) is 77.9 Å². The zero-order valence-electron chi connectivity index (χ0n) is 18.6. The Labute approximate surface area is 196 Å². The normalized spacial score (nSPS) is 10.8. The molecule has 0 atom stereocenters. The van der Waals surface area contributed by atoms with E-state index in [4.69, 9.17) is 4.74 Å². The van der Waals surface area contributed by atoms with Crippen molar-refractivity contribution in [1.82, 2.24) is 14.8 Å². The van der Waals surface area contributed by atoms with Gasteiger partial charge in [-0.2, -0.15) is 0 Å². The number of anilines is 1. The molecule has 0 bridgehead atoms. The number of aromatic hydroxyl groups is 1. The summed E-state index contributed by atoms with van der Waals surface area (Å²) < 4.78 is 7.16. The lowest BCUT2D eigenvalue weighted by atomic mass is 10.1. The Morgan fingerprint density at radius 1 is 1.00 bits per heavy atom. The van der Waals surface area contributed by atoms with Gasteiger partial charge in [0, 0.05) is 16.9 Å². The van der Waals surface area contributed by atoms with E-state index in [-0.39, 0.29) is 17.4 Å². The van der Waals surface area contributed by atoms with Crippen molar-refractivity contribution < 1.29 is 14.6 Å². The van der Waals surface area contributed by atoms with E-state index in [0.717, 1.165) is 33.8 Å². The third-order valence-corrected chi connectivity index (χ3v) is 6.10. The summed E-state index contributed by atoms with van der Waals surface area (Å²) in [5, 5.41) is 22.0. The van der Waals surface area contributed by atoms with E-state index in [0.29, 0.717) is 11.0 Å². The van der Waals surface area contributed by atoms with Gasteiger partial charge < -0.3 is 15.2 Å². The average Bonchev–Trinajstić information content (AvgIpc) is 3.24. The molecule has 0 fully saturated rings. The molecule has 2 N–H and O–H groups in total. The predicted molar refractivity (Wildman–Crippen MR) is 130 cm³/mol. The highest BCUT2D eigenvalue weighted by atomic mass is 32.2. The highest BCUT2D eigenvalue weighted by molar-refractivity contribution is 7.99. The number of rotatable bonds is 7. The number of nitrogens with one attached hydrogen (secondary N) is 1. The number of benzene rings is 3. The maximum absolute atomic E-state index is 12.7. The third-order valence-electron chi connectivity index (χ3n) is 5.17. The minimum Gasteiger partial charge on any atom is -0.508 e. The molecule has 4 rings (SSSR count). The van der Waals surface area contributed by atoms with Crippen LogP contribution in [0.15, 0.2) is 71.9 Å². The predicted octanol–water partition coefficient (Wildman–Crippen LogP) is 5.00. The largest absolute Gasteiger partial charge is 0.508 e. The van der Waals surface area contributed by atoms with E-state index in [9.17, 15) is 9.90 Å². The summed E-state index contributed by atoms with van der Waals surface area (Å²) in [4.78, 5) is 12.7. The second-order valence-corrected chi connectivity index (χ2v) is 8.43. The number of thioether (sulfide) groups is 1. The van der Waals surface area contributed by atoms with Crippen LogP contribution < -0.4 is 10.1 Å². The Morgan fingerprint density at radius 3 is 2.30 bits per heavy atom. The SMILES string of the molecule is COc1ccc(-n2c(SCC(=O)Nc3c(C)cccc3C)nnc2-c2ccc(O)cc2)cc1. The van der Waals surface area contributed by atoms with Crippen LogP contribution in [0.2, 0.25) is 0 Å². The van der Waals surface area contributed by atoms with E-state index < -0.39 is 0 Å². The molecule has 33 heavy (non-hydrogen) atoms. The Hall–Kier alpha value is -3.78. The number of aromatic nitrogens is 3. The molecular formula is C25H24N4O3S. The Balaban J connectivity index is 1.62. The van der Waals surface area contributed by atoms with E-state index in [1.54, 1.807) is 31.4 Å². The number of hydrogen-bond acceptors (Lipinski definition) is 6. The van der Waals surface area contributed by atoms with Gasteiger partial charge in [0.2, 0.25) is 5.91 Å². The number of phenols is 1. The average molecular weight is 461 g/mol. The van der Waals surface area contributed by atoms with Crippen molar-refractivity contribution in [3.63, 3.8) is 0 Å². The maximum atomic E-state index is 12.7. The number of para-hydroxylation sites is 1. The van der Waals surface area contributed by atoms with Gasteiger partial charge in [-0.15, -0.1) is 10.2 Å². The molecular weight excluding hydrogens is 436 g/mol. The number of ether oxygens (including phenoxy) is 1. The van der Waals surface area contributed by atoms with Gasteiger partial charge in [-0.1, -0.05) is 30.0 Å². The maximum Gasteiger partial charge on any atom is 0.234 e. The molecule has 0 radical (unpaired) electrons. The van der Waals surface area contributed by atoms with Crippen molar-refractivity contribution in [1.29, 1.82) is 0 Å². The van der Waals surface area contributed by atoms with Crippen LogP contribution in [0, 0.1) is 13.8 Å². The molecule has 0 spiro atoms. The Bertz CT molecular complexity index is 1250. The van der Waals surface area contributed by atoms with Gasteiger partial charge >= 0.3 is 0 Å². The van der Waals surface area contributed by atoms with E-state index in [2.05, 4.69) is 15.5 Å². The molecule has 1 amide bonds. The molecule has 0 aliphatic rings. The van der Waals surface area contributed by atoms with Crippen molar-refractivity contribution >= 4 is 23.4 Å². The van der Waals surface area contributed by atoms with Gasteiger partial charge in [-0.05, 0) is 73.5 Å². The number of nitrogens with zero attached hydrogens (tertiary/aromatic N) is 3. The minimum atomic E-state index is -0.118. The molecule has 3 aromatic carbocycles. The number of aryl methyl sites for hydroxylation is 2. The summed E-state index contributed by atoms with van der Waals surface area (Å²) in [6.07, 6.45) is 0. The van der Waals surface area contributed by atoms with Crippen LogP contribution in [0.5, 0.6) is 11.5 Å². The monoisotopic (exact) mass is 460 g/mol. The van der Waals surface area contributed by atoms with Gasteiger partial charge in [0.25, 0.3) is 0 Å². The summed E-state index contributed by atoms with van der Waals surface area (Å²) in [5.74, 6) is 1.58. The van der Waals surface area contributed by atoms with Gasteiger partial charge in [-0.3, -0.25) is 9.36 Å². The van der Waals surface area contributed by atoms with Crippen LogP contribution >= 0.6 is 11.8 Å². The molecule has 0 saturated carbocycles. The third kappa shape index (κ3) is 5.01. The summed E-state index contributed by atoms with van der Waals surface area (Å²) in [7, 11) is 1.62. The number of hydrogen-bond donors (Lipinski definition) is 2. The van der Waals surface area contributed by atoms with Crippen LogP contribution in [0.4, 0.5) is 5.69 Å². The number of phenolic OH excluding ortho intramolecular Hbond substituents is 1. The second-order valence-electron chi connectivity index (χ2n) is 7.49. The zero-order chi connectivity index (χ0) is 23.4. The molecule has 0 saturated heterocycles. The fourth-order valence-electron chi connectivity index (χ4n) is 3.44. The molecule has 0 unspecified atom stereocenters. The molecule has 1 heterocycles. The summed E-state index contributed by atoms with van der Waals surface area (Å²) in [5.41, 5.74) is 4.50. The quantitative estimate of drug-likeness (QED) is 0.378. The van der Waals surface area contributed by atoms with Crippen molar-refractivity contribution in [2.45, 2.75) is 19.0 Å². The minimum absolute atomic E-state index is 0.118. The Morgan fingerprint density at radius 2 is 1.67 bits per heavy atom. The lowest BCUT2D eigenvalue weighted by Crippen LogP contribution is -2.16. The van der Waals surface area contributed by atoms with Crippen molar-refractivity contribution in [2.75, 3.05) is 18.2 Å². The smallest absolute Gasteiger partial charge is 0.234 e. The van der Waals surface area contributed by atoms with E-state index in [1.807, 2.05) is 60.9 Å². The van der Waals surface area contributed by atoms with Crippen molar-refractivity contribution in [3.8, 4) is 28.6 Å².